The Morgan fingerprint density at radius 2 is 2.03 bits per heavy atom. The number of likely N-dealkylation sites (N-methyl/N-ethyl adjacent to an activating group) is 1. The van der Waals surface area contributed by atoms with Crippen molar-refractivity contribution >= 4 is 28.8 Å². The SMILES string of the molecule is CCn1ncc(C)c1-c1cc(C(=O)N[C@H](CNC)Cc2ccccc2C(F)(F)F)sc1Cl. The molecule has 0 bridgehead atoms. The largest absolute Gasteiger partial charge is 0.416 e. The van der Waals surface area contributed by atoms with Crippen molar-refractivity contribution in [3.05, 3.63) is 62.4 Å². The minimum absolute atomic E-state index is 0.0376. The topological polar surface area (TPSA) is 59.0 Å². The summed E-state index contributed by atoms with van der Waals surface area (Å²) in [4.78, 5) is 13.3. The van der Waals surface area contributed by atoms with E-state index >= 15 is 0 Å². The molecule has 2 N–H and O–H groups in total. The second-order valence-corrected chi connectivity index (χ2v) is 9.03. The summed E-state index contributed by atoms with van der Waals surface area (Å²) in [5.41, 5.74) is 1.94. The molecule has 32 heavy (non-hydrogen) atoms. The van der Waals surface area contributed by atoms with E-state index in [-0.39, 0.29) is 17.9 Å². The van der Waals surface area contributed by atoms with Gasteiger partial charge in [0, 0.05) is 24.7 Å². The lowest BCUT2D eigenvalue weighted by molar-refractivity contribution is -0.138. The number of rotatable bonds is 8. The lowest BCUT2D eigenvalue weighted by Crippen LogP contribution is -2.42. The first kappa shape index (κ1) is 24.3. The number of aromatic nitrogens is 2. The van der Waals surface area contributed by atoms with E-state index < -0.39 is 17.8 Å². The summed E-state index contributed by atoms with van der Waals surface area (Å²) in [5, 5.41) is 10.1. The number of nitrogens with one attached hydrogen (secondary N) is 2. The average molecular weight is 485 g/mol. The molecule has 0 aliphatic heterocycles. The van der Waals surface area contributed by atoms with Gasteiger partial charge >= 0.3 is 6.18 Å². The van der Waals surface area contributed by atoms with Gasteiger partial charge in [-0.05, 0) is 50.6 Å². The number of nitrogens with zero attached hydrogens (tertiary/aromatic N) is 2. The lowest BCUT2D eigenvalue weighted by atomic mass is 9.99. The highest BCUT2D eigenvalue weighted by Crippen LogP contribution is 2.37. The summed E-state index contributed by atoms with van der Waals surface area (Å²) < 4.78 is 42.4. The molecular formula is C22H24ClF3N4OS. The van der Waals surface area contributed by atoms with Gasteiger partial charge in [-0.2, -0.15) is 18.3 Å². The van der Waals surface area contributed by atoms with E-state index in [0.29, 0.717) is 27.9 Å². The van der Waals surface area contributed by atoms with Crippen LogP contribution in [0.25, 0.3) is 11.3 Å². The van der Waals surface area contributed by atoms with Crippen LogP contribution in [0.5, 0.6) is 0 Å². The van der Waals surface area contributed by atoms with Crippen molar-refractivity contribution in [1.29, 1.82) is 0 Å². The zero-order valence-corrected chi connectivity index (χ0v) is 19.5. The Morgan fingerprint density at radius 3 is 2.69 bits per heavy atom. The molecule has 2 aromatic heterocycles. The number of aryl methyl sites for hydroxylation is 2. The number of amides is 1. The van der Waals surface area contributed by atoms with Gasteiger partial charge in [-0.25, -0.2) is 0 Å². The number of hydrogen-bond acceptors (Lipinski definition) is 4. The third kappa shape index (κ3) is 5.33. The van der Waals surface area contributed by atoms with Gasteiger partial charge in [0.05, 0.1) is 22.3 Å². The maximum Gasteiger partial charge on any atom is 0.416 e. The molecular weight excluding hydrogens is 461 g/mol. The van der Waals surface area contributed by atoms with Crippen molar-refractivity contribution in [3.63, 3.8) is 0 Å². The molecule has 0 fully saturated rings. The molecule has 0 saturated carbocycles. The number of alkyl halides is 3. The quantitative estimate of drug-likeness (QED) is 0.463. The zero-order valence-electron chi connectivity index (χ0n) is 17.9. The molecule has 3 aromatic rings. The standard InChI is InChI=1S/C22H24ClF3N4OS/c1-4-30-19(13(2)11-28-30)16-10-18(32-20(16)23)21(31)29-15(12-27-3)9-14-7-5-6-8-17(14)22(24,25)26/h5-8,10-11,15,27H,4,9,12H2,1-3H3,(H,29,31)/t15-/m0/s1. The van der Waals surface area contributed by atoms with Gasteiger partial charge in [0.2, 0.25) is 0 Å². The normalized spacial score (nSPS) is 12.7. The fourth-order valence-electron chi connectivity index (χ4n) is 3.63. The van der Waals surface area contributed by atoms with E-state index in [0.717, 1.165) is 28.7 Å². The van der Waals surface area contributed by atoms with Crippen LogP contribution < -0.4 is 10.6 Å². The summed E-state index contributed by atoms with van der Waals surface area (Å²) in [5.74, 6) is -0.381. The third-order valence-electron chi connectivity index (χ3n) is 5.06. The molecule has 0 aliphatic rings. The van der Waals surface area contributed by atoms with Crippen molar-refractivity contribution in [3.8, 4) is 11.3 Å². The lowest BCUT2D eigenvalue weighted by Gasteiger charge is -2.20. The number of benzene rings is 1. The van der Waals surface area contributed by atoms with E-state index in [1.165, 1.54) is 12.1 Å². The van der Waals surface area contributed by atoms with Gasteiger partial charge in [0.1, 0.15) is 4.34 Å². The molecule has 0 spiro atoms. The first-order chi connectivity index (χ1) is 15.2. The minimum atomic E-state index is -4.46. The van der Waals surface area contributed by atoms with E-state index in [1.54, 1.807) is 25.4 Å². The van der Waals surface area contributed by atoms with Crippen LogP contribution in [0.15, 0.2) is 36.5 Å². The molecule has 1 aromatic carbocycles. The maximum absolute atomic E-state index is 13.4. The molecule has 3 rings (SSSR count). The molecule has 172 valence electrons. The second-order valence-electron chi connectivity index (χ2n) is 7.38. The van der Waals surface area contributed by atoms with Crippen molar-refractivity contribution < 1.29 is 18.0 Å². The molecule has 0 unspecified atom stereocenters. The van der Waals surface area contributed by atoms with Crippen molar-refractivity contribution in [1.82, 2.24) is 20.4 Å². The molecule has 10 heteroatoms. The molecule has 1 atom stereocenters. The van der Waals surface area contributed by atoms with Crippen LogP contribution in [-0.2, 0) is 19.1 Å². The van der Waals surface area contributed by atoms with Crippen LogP contribution in [-0.4, -0.2) is 35.3 Å². The monoisotopic (exact) mass is 484 g/mol. The van der Waals surface area contributed by atoms with Crippen molar-refractivity contribution in [2.24, 2.45) is 0 Å². The Kier molecular flexibility index (Phi) is 7.63. The van der Waals surface area contributed by atoms with Crippen LogP contribution in [0, 0.1) is 6.92 Å². The maximum atomic E-state index is 13.4. The number of thiophene rings is 1. The summed E-state index contributed by atoms with van der Waals surface area (Å²) in [7, 11) is 1.68. The first-order valence-electron chi connectivity index (χ1n) is 10.1. The van der Waals surface area contributed by atoms with Crippen LogP contribution in [0.2, 0.25) is 4.34 Å². The summed E-state index contributed by atoms with van der Waals surface area (Å²) in [6.07, 6.45) is -2.68. The van der Waals surface area contributed by atoms with Gasteiger partial charge in [0.15, 0.2) is 0 Å². The number of carbonyl (C=O) groups excluding carboxylic acids is 1. The minimum Gasteiger partial charge on any atom is -0.347 e. The van der Waals surface area contributed by atoms with Gasteiger partial charge in [0.25, 0.3) is 5.91 Å². The Balaban J connectivity index is 1.83. The molecule has 0 radical (unpaired) electrons. The smallest absolute Gasteiger partial charge is 0.347 e. The zero-order chi connectivity index (χ0) is 23.5. The average Bonchev–Trinajstić information content (AvgIpc) is 3.29. The molecule has 5 nitrogen and oxygen atoms in total. The van der Waals surface area contributed by atoms with E-state index in [1.807, 2.05) is 18.5 Å². The van der Waals surface area contributed by atoms with E-state index in [9.17, 15) is 18.0 Å². The molecule has 0 aliphatic carbocycles. The Bertz CT molecular complexity index is 1090. The van der Waals surface area contributed by atoms with Gasteiger partial charge in [-0.1, -0.05) is 29.8 Å². The van der Waals surface area contributed by atoms with E-state index in [2.05, 4.69) is 15.7 Å². The highest BCUT2D eigenvalue weighted by Gasteiger charge is 2.33. The fraction of sp³-hybridized carbons (Fsp3) is 0.364. The van der Waals surface area contributed by atoms with Crippen LogP contribution in [0.1, 0.15) is 33.3 Å². The van der Waals surface area contributed by atoms with E-state index in [4.69, 9.17) is 11.6 Å². The number of halogens is 4. The summed E-state index contributed by atoms with van der Waals surface area (Å²) in [6, 6.07) is 6.58. The predicted molar refractivity (Wildman–Crippen MR) is 121 cm³/mol. The Hall–Kier alpha value is -2.36. The summed E-state index contributed by atoms with van der Waals surface area (Å²) in [6.45, 7) is 4.85. The van der Waals surface area contributed by atoms with Crippen LogP contribution in [0.4, 0.5) is 13.2 Å². The Labute approximate surface area is 193 Å². The van der Waals surface area contributed by atoms with Gasteiger partial charge in [-0.15, -0.1) is 11.3 Å². The summed E-state index contributed by atoms with van der Waals surface area (Å²) >= 11 is 7.57. The second kappa shape index (κ2) is 10.1. The van der Waals surface area contributed by atoms with Crippen LogP contribution in [0.3, 0.4) is 0 Å². The molecule has 2 heterocycles. The van der Waals surface area contributed by atoms with Crippen molar-refractivity contribution in [2.45, 2.75) is 39.0 Å². The highest BCUT2D eigenvalue weighted by molar-refractivity contribution is 7.18. The van der Waals surface area contributed by atoms with Gasteiger partial charge in [-0.3, -0.25) is 9.48 Å². The fourth-order valence-corrected chi connectivity index (χ4v) is 4.81. The third-order valence-corrected chi connectivity index (χ3v) is 6.42. The highest BCUT2D eigenvalue weighted by atomic mass is 35.5. The number of hydrogen-bond donors (Lipinski definition) is 2. The number of carbonyl (C=O) groups is 1. The van der Waals surface area contributed by atoms with Gasteiger partial charge < -0.3 is 10.6 Å². The van der Waals surface area contributed by atoms with Crippen molar-refractivity contribution in [2.75, 3.05) is 13.6 Å². The predicted octanol–water partition coefficient (Wildman–Crippen LogP) is 5.17. The Morgan fingerprint density at radius 1 is 1.31 bits per heavy atom. The van der Waals surface area contributed by atoms with Crippen LogP contribution >= 0.6 is 22.9 Å². The first-order valence-corrected chi connectivity index (χ1v) is 11.3. The molecule has 1 amide bonds. The molecule has 0 saturated heterocycles.